The average molecular weight is 445 g/mol. The molecule has 29 heavy (non-hydrogen) atoms. The fraction of sp³-hybridized carbons (Fsp3) is 0.737. The van der Waals surface area contributed by atoms with Crippen molar-refractivity contribution in [2.75, 3.05) is 32.9 Å². The molecule has 2 aromatic heterocycles. The SMILES string of the molecule is Cl.Cl.c1c(-c2nc(C3CCCC3)nn2CC2COCCO2)nc2n1CCNCC2. The minimum absolute atomic E-state index is 0. The van der Waals surface area contributed by atoms with Crippen LogP contribution in [0.4, 0.5) is 0 Å². The molecule has 10 heteroatoms. The topological polar surface area (TPSA) is 79.0 Å². The molecule has 1 N–H and O–H groups in total. The van der Waals surface area contributed by atoms with E-state index in [4.69, 9.17) is 24.5 Å². The van der Waals surface area contributed by atoms with E-state index < -0.39 is 0 Å². The lowest BCUT2D eigenvalue weighted by atomic mass is 10.1. The fourth-order valence-electron chi connectivity index (χ4n) is 4.35. The van der Waals surface area contributed by atoms with E-state index in [-0.39, 0.29) is 30.9 Å². The number of ether oxygens (including phenoxy) is 2. The van der Waals surface area contributed by atoms with E-state index in [1.165, 1.54) is 25.7 Å². The molecule has 162 valence electrons. The van der Waals surface area contributed by atoms with Crippen LogP contribution in [0.15, 0.2) is 6.20 Å². The normalized spacial score (nSPS) is 22.4. The van der Waals surface area contributed by atoms with E-state index in [1.54, 1.807) is 0 Å². The monoisotopic (exact) mass is 444 g/mol. The fourth-order valence-corrected chi connectivity index (χ4v) is 4.35. The van der Waals surface area contributed by atoms with Gasteiger partial charge in [-0.1, -0.05) is 12.8 Å². The Morgan fingerprint density at radius 2 is 1.97 bits per heavy atom. The number of imidazole rings is 1. The molecule has 1 unspecified atom stereocenters. The predicted octanol–water partition coefficient (Wildman–Crippen LogP) is 2.20. The van der Waals surface area contributed by atoms with E-state index in [0.29, 0.717) is 32.3 Å². The van der Waals surface area contributed by atoms with Crippen molar-refractivity contribution in [2.24, 2.45) is 0 Å². The van der Waals surface area contributed by atoms with Crippen LogP contribution < -0.4 is 5.32 Å². The first-order chi connectivity index (χ1) is 13.4. The second-order valence-electron chi connectivity index (χ2n) is 7.76. The van der Waals surface area contributed by atoms with Gasteiger partial charge in [0.25, 0.3) is 0 Å². The third-order valence-corrected chi connectivity index (χ3v) is 5.81. The summed E-state index contributed by atoms with van der Waals surface area (Å²) < 4.78 is 15.7. The van der Waals surface area contributed by atoms with Crippen LogP contribution in [0.1, 0.15) is 43.3 Å². The smallest absolute Gasteiger partial charge is 0.178 e. The lowest BCUT2D eigenvalue weighted by molar-refractivity contribution is -0.0945. The highest BCUT2D eigenvalue weighted by molar-refractivity contribution is 5.85. The highest BCUT2D eigenvalue weighted by atomic mass is 35.5. The summed E-state index contributed by atoms with van der Waals surface area (Å²) in [5.74, 6) is 3.46. The zero-order valence-corrected chi connectivity index (χ0v) is 18.2. The van der Waals surface area contributed by atoms with Gasteiger partial charge in [0.2, 0.25) is 0 Å². The third-order valence-electron chi connectivity index (χ3n) is 5.81. The summed E-state index contributed by atoms with van der Waals surface area (Å²) in [5.41, 5.74) is 0.931. The highest BCUT2D eigenvalue weighted by Crippen LogP contribution is 2.33. The highest BCUT2D eigenvalue weighted by Gasteiger charge is 2.26. The van der Waals surface area contributed by atoms with Crippen molar-refractivity contribution >= 4 is 24.8 Å². The number of nitrogens with one attached hydrogen (secondary N) is 1. The number of hydrogen-bond acceptors (Lipinski definition) is 6. The first-order valence-corrected chi connectivity index (χ1v) is 10.3. The Labute approximate surface area is 183 Å². The van der Waals surface area contributed by atoms with Gasteiger partial charge >= 0.3 is 0 Å². The molecule has 2 aromatic rings. The van der Waals surface area contributed by atoms with Crippen molar-refractivity contribution in [1.82, 2.24) is 29.6 Å². The van der Waals surface area contributed by atoms with Crippen molar-refractivity contribution in [3.05, 3.63) is 17.8 Å². The third kappa shape index (κ3) is 4.94. The van der Waals surface area contributed by atoms with Gasteiger partial charge in [0.05, 0.1) is 26.4 Å². The minimum Gasteiger partial charge on any atom is -0.376 e. The molecule has 0 radical (unpaired) electrons. The molecule has 1 saturated heterocycles. The molecule has 8 nitrogen and oxygen atoms in total. The van der Waals surface area contributed by atoms with Crippen LogP contribution >= 0.6 is 24.8 Å². The summed E-state index contributed by atoms with van der Waals surface area (Å²) >= 11 is 0. The van der Waals surface area contributed by atoms with Crippen molar-refractivity contribution in [2.45, 2.75) is 57.2 Å². The molecule has 4 heterocycles. The molecule has 0 bridgehead atoms. The molecule has 2 fully saturated rings. The number of halogens is 2. The summed E-state index contributed by atoms with van der Waals surface area (Å²) in [7, 11) is 0. The Balaban J connectivity index is 0.00000120. The van der Waals surface area contributed by atoms with Crippen LogP contribution in [-0.4, -0.2) is 63.3 Å². The van der Waals surface area contributed by atoms with Crippen LogP contribution in [0.3, 0.4) is 0 Å². The first kappa shape index (κ1) is 22.5. The summed E-state index contributed by atoms with van der Waals surface area (Å²) in [6.07, 6.45) is 8.05. The van der Waals surface area contributed by atoms with E-state index in [9.17, 15) is 0 Å². The minimum atomic E-state index is 0. The van der Waals surface area contributed by atoms with Crippen molar-refractivity contribution in [3.8, 4) is 11.5 Å². The first-order valence-electron chi connectivity index (χ1n) is 10.3. The molecule has 0 spiro atoms. The lowest BCUT2D eigenvalue weighted by Gasteiger charge is -2.23. The Morgan fingerprint density at radius 3 is 2.76 bits per heavy atom. The van der Waals surface area contributed by atoms with Crippen molar-refractivity contribution in [1.29, 1.82) is 0 Å². The Morgan fingerprint density at radius 1 is 1.10 bits per heavy atom. The largest absolute Gasteiger partial charge is 0.376 e. The van der Waals surface area contributed by atoms with Crippen LogP contribution in [0.25, 0.3) is 11.5 Å². The predicted molar refractivity (Wildman–Crippen MR) is 114 cm³/mol. The van der Waals surface area contributed by atoms with Gasteiger partial charge in [-0.15, -0.1) is 24.8 Å². The van der Waals surface area contributed by atoms with Gasteiger partial charge in [0, 0.05) is 38.2 Å². The lowest BCUT2D eigenvalue weighted by Crippen LogP contribution is -2.32. The van der Waals surface area contributed by atoms with Crippen LogP contribution in [0, 0.1) is 0 Å². The van der Waals surface area contributed by atoms with Crippen LogP contribution in [-0.2, 0) is 29.0 Å². The number of aromatic nitrogens is 5. The molecule has 5 rings (SSSR count). The second-order valence-corrected chi connectivity index (χ2v) is 7.76. The maximum atomic E-state index is 5.86. The molecule has 0 aromatic carbocycles. The van der Waals surface area contributed by atoms with Gasteiger partial charge in [-0.05, 0) is 12.8 Å². The standard InChI is InChI=1S/C19H28N6O2.2ClH/c1-2-4-14(3-1)18-22-19(25(23-18)11-15-13-26-9-10-27-15)16-12-24-8-7-20-6-5-17(24)21-16;;/h12,14-15,20H,1-11,13H2;2*1H. The zero-order valence-electron chi connectivity index (χ0n) is 16.6. The van der Waals surface area contributed by atoms with Gasteiger partial charge in [-0.3, -0.25) is 0 Å². The Hall–Kier alpha value is -1.19. The number of hydrogen-bond donors (Lipinski definition) is 1. The molecule has 1 saturated carbocycles. The number of fused-ring (bicyclic) bond motifs is 1. The second kappa shape index (κ2) is 10.2. The summed E-state index contributed by atoms with van der Waals surface area (Å²) in [6.45, 7) is 5.51. The van der Waals surface area contributed by atoms with E-state index in [2.05, 4.69) is 16.1 Å². The van der Waals surface area contributed by atoms with Crippen LogP contribution in [0.2, 0.25) is 0 Å². The summed E-state index contributed by atoms with van der Waals surface area (Å²) in [4.78, 5) is 9.86. The number of rotatable bonds is 4. The van der Waals surface area contributed by atoms with Crippen molar-refractivity contribution in [3.63, 3.8) is 0 Å². The number of nitrogens with zero attached hydrogens (tertiary/aromatic N) is 5. The van der Waals surface area contributed by atoms with Crippen molar-refractivity contribution < 1.29 is 9.47 Å². The molecule has 2 aliphatic heterocycles. The molecule has 3 aliphatic rings. The molecular weight excluding hydrogens is 415 g/mol. The summed E-state index contributed by atoms with van der Waals surface area (Å²) in [5, 5.41) is 8.32. The molecule has 0 amide bonds. The molecule has 1 aliphatic carbocycles. The summed E-state index contributed by atoms with van der Waals surface area (Å²) in [6, 6.07) is 0. The van der Waals surface area contributed by atoms with Gasteiger partial charge in [0.15, 0.2) is 11.6 Å². The van der Waals surface area contributed by atoms with Gasteiger partial charge < -0.3 is 19.4 Å². The zero-order chi connectivity index (χ0) is 18.1. The Kier molecular flexibility index (Phi) is 7.92. The molecular formula is C19H30Cl2N6O2. The quantitative estimate of drug-likeness (QED) is 0.778. The maximum Gasteiger partial charge on any atom is 0.178 e. The molecule has 1 atom stereocenters. The Bertz CT molecular complexity index is 760. The van der Waals surface area contributed by atoms with Gasteiger partial charge in [0.1, 0.15) is 17.6 Å². The van der Waals surface area contributed by atoms with E-state index in [1.807, 2.05) is 4.68 Å². The average Bonchev–Trinajstić information content (AvgIpc) is 3.40. The maximum absolute atomic E-state index is 5.86. The van der Waals surface area contributed by atoms with E-state index >= 15 is 0 Å². The van der Waals surface area contributed by atoms with Gasteiger partial charge in [-0.25, -0.2) is 14.6 Å². The van der Waals surface area contributed by atoms with Crippen LogP contribution in [0.5, 0.6) is 0 Å². The van der Waals surface area contributed by atoms with E-state index in [0.717, 1.165) is 49.2 Å². The van der Waals surface area contributed by atoms with Gasteiger partial charge in [-0.2, -0.15) is 5.10 Å².